The highest BCUT2D eigenvalue weighted by Gasteiger charge is 2.73. The standard InChI is InChI=1S/C51H82O23/c1-22-35(71-40-34(62)36(27(57)17-67-40)72-43-39(64)50(66,20-54)21-69-43)32(60)33(61)41(70-22)73-37-31(59)26(56)16-68-42(37)74-44(65)51-12-11-45(2,3)13-24(51)23-7-8-28-46(4)14-25(55)38(63)49(18-52,19-53)29(46)9-10-47(28,5)48(23,6)15-30(51)58/h7,22,24-43,52-64,66H,8-21H2,1-6H3/t22-,24-,25-,26-,27+,28+,29+,30+,31-,32-,33+,34+,35-,36-,37+,38-,39-,40-,41-,42-,43-,46+,47+,48+,50+,51+/m0/s1. The minimum absolute atomic E-state index is 0.105. The molecule has 9 rings (SSSR count). The van der Waals surface area contributed by atoms with Gasteiger partial charge in [0, 0.05) is 5.41 Å². The van der Waals surface area contributed by atoms with Crippen LogP contribution in [0.4, 0.5) is 0 Å². The molecule has 4 saturated heterocycles. The molecule has 14 N–H and O–H groups in total. The van der Waals surface area contributed by atoms with E-state index in [0.29, 0.717) is 32.1 Å². The van der Waals surface area contributed by atoms with E-state index < -0.39 is 195 Å². The van der Waals surface area contributed by atoms with Gasteiger partial charge in [0.2, 0.25) is 6.29 Å². The Hall–Kier alpha value is -1.63. The zero-order valence-electron chi connectivity index (χ0n) is 43.0. The molecule has 74 heavy (non-hydrogen) atoms. The lowest BCUT2D eigenvalue weighted by atomic mass is 9.33. The SMILES string of the molecule is C[C@@H]1O[C@@H](O[C@H]2[C@H](OC(=O)[C@]34CCC(C)(C)C[C@H]3C3=CC[C@@H]5[C@@]6(C)C[C@H](O)[C@H](O)C(CO)(CO)[C@@H]6CC[C@@]5(C)[C@]3(C)C[C@H]4O)OC[C@H](O)[C@@H]2O)[C@H](O)[C@H](O)[C@H]1O[C@@H]1OC[C@@H](O)[C@H](O[C@@H]2OC[C@](O)(CO)[C@H]2O)[C@H]1O. The lowest BCUT2D eigenvalue weighted by Gasteiger charge is -2.72. The first kappa shape index (κ1) is 57.1. The number of aliphatic hydroxyl groups excluding tert-OH is 13. The van der Waals surface area contributed by atoms with Crippen molar-refractivity contribution in [2.45, 2.75) is 209 Å². The summed E-state index contributed by atoms with van der Waals surface area (Å²) in [6.45, 7) is 8.76. The Kier molecular flexibility index (Phi) is 15.6. The molecule has 26 atom stereocenters. The summed E-state index contributed by atoms with van der Waals surface area (Å²) in [4.78, 5) is 15.3. The van der Waals surface area contributed by atoms with Gasteiger partial charge in [-0.3, -0.25) is 4.79 Å². The van der Waals surface area contributed by atoms with Crippen LogP contribution in [0.15, 0.2) is 11.6 Å². The maximum absolute atomic E-state index is 15.3. The number of rotatable bonds is 11. The molecule has 5 aliphatic carbocycles. The number of aliphatic hydroxyl groups is 14. The molecule has 0 spiro atoms. The smallest absolute Gasteiger partial charge is 0.317 e. The second-order valence-electron chi connectivity index (χ2n) is 25.0. The van der Waals surface area contributed by atoms with E-state index >= 15 is 4.79 Å². The molecule has 9 aliphatic rings. The topological polar surface area (TPSA) is 374 Å². The second-order valence-corrected chi connectivity index (χ2v) is 25.0. The van der Waals surface area contributed by atoms with Gasteiger partial charge in [-0.05, 0) is 97.7 Å². The Morgan fingerprint density at radius 2 is 1.30 bits per heavy atom. The first-order valence-corrected chi connectivity index (χ1v) is 26.4. The molecule has 0 aromatic heterocycles. The third-order valence-corrected chi connectivity index (χ3v) is 20.5. The second kappa shape index (κ2) is 20.2. The van der Waals surface area contributed by atoms with E-state index in [4.69, 9.17) is 37.9 Å². The van der Waals surface area contributed by atoms with E-state index in [1.807, 2.05) is 0 Å². The monoisotopic (exact) mass is 1060 g/mol. The number of hydrogen-bond donors (Lipinski definition) is 14. The minimum atomic E-state index is -2.06. The van der Waals surface area contributed by atoms with Crippen LogP contribution >= 0.6 is 0 Å². The van der Waals surface area contributed by atoms with Gasteiger partial charge in [0.05, 0.1) is 64.1 Å². The van der Waals surface area contributed by atoms with Gasteiger partial charge in [0.1, 0.15) is 66.0 Å². The molecule has 0 bridgehead atoms. The van der Waals surface area contributed by atoms with Gasteiger partial charge in [-0.1, -0.05) is 46.3 Å². The van der Waals surface area contributed by atoms with E-state index in [0.717, 1.165) is 5.57 Å². The van der Waals surface area contributed by atoms with E-state index in [1.54, 1.807) is 0 Å². The third kappa shape index (κ3) is 8.69. The summed E-state index contributed by atoms with van der Waals surface area (Å²) in [5.41, 5.74) is -5.98. The lowest BCUT2D eigenvalue weighted by molar-refractivity contribution is -0.372. The Morgan fingerprint density at radius 3 is 1.96 bits per heavy atom. The summed E-state index contributed by atoms with van der Waals surface area (Å²) in [6, 6.07) is 0. The predicted molar refractivity (Wildman–Crippen MR) is 249 cm³/mol. The molecular weight excluding hydrogens is 981 g/mol. The van der Waals surface area contributed by atoms with Gasteiger partial charge in [-0.2, -0.15) is 0 Å². The van der Waals surface area contributed by atoms with E-state index in [9.17, 15) is 71.5 Å². The highest BCUT2D eigenvalue weighted by Crippen LogP contribution is 2.76. The Morgan fingerprint density at radius 1 is 0.649 bits per heavy atom. The summed E-state index contributed by atoms with van der Waals surface area (Å²) in [7, 11) is 0. The number of fused-ring (bicyclic) bond motifs is 7. The van der Waals surface area contributed by atoms with Crippen LogP contribution in [-0.4, -0.2) is 233 Å². The highest BCUT2D eigenvalue weighted by molar-refractivity contribution is 5.80. The van der Waals surface area contributed by atoms with Crippen LogP contribution in [0.1, 0.15) is 92.9 Å². The molecule has 0 unspecified atom stereocenters. The fourth-order valence-corrected chi connectivity index (χ4v) is 15.9. The van der Waals surface area contributed by atoms with Crippen molar-refractivity contribution in [2.24, 2.45) is 50.2 Å². The first-order valence-electron chi connectivity index (χ1n) is 26.4. The van der Waals surface area contributed by atoms with Crippen LogP contribution in [-0.2, 0) is 42.7 Å². The molecule has 0 aromatic rings. The third-order valence-electron chi connectivity index (χ3n) is 20.5. The fraction of sp³-hybridized carbons (Fsp3) is 0.941. The number of ether oxygens (including phenoxy) is 8. The zero-order chi connectivity index (χ0) is 54.0. The number of carbonyl (C=O) groups is 1. The van der Waals surface area contributed by atoms with Crippen molar-refractivity contribution in [3.8, 4) is 0 Å². The molecule has 23 heteroatoms. The zero-order valence-corrected chi connectivity index (χ0v) is 43.0. The summed E-state index contributed by atoms with van der Waals surface area (Å²) < 4.78 is 46.4. The molecule has 4 saturated carbocycles. The van der Waals surface area contributed by atoms with Crippen molar-refractivity contribution in [1.82, 2.24) is 0 Å². The molecule has 0 radical (unpaired) electrons. The summed E-state index contributed by atoms with van der Waals surface area (Å²) in [5.74, 6) is -1.78. The van der Waals surface area contributed by atoms with Crippen LogP contribution in [0.5, 0.6) is 0 Å². The Labute approximate surface area is 429 Å². The normalized spacial score (nSPS) is 53.9. The predicted octanol–water partition coefficient (Wildman–Crippen LogP) is -3.20. The fourth-order valence-electron chi connectivity index (χ4n) is 15.9. The van der Waals surface area contributed by atoms with Crippen LogP contribution in [0, 0.1) is 50.2 Å². The van der Waals surface area contributed by atoms with Crippen molar-refractivity contribution < 1.29 is 114 Å². The number of esters is 1. The van der Waals surface area contributed by atoms with Crippen molar-refractivity contribution in [3.05, 3.63) is 11.6 Å². The molecular formula is C51H82O23. The largest absolute Gasteiger partial charge is 0.432 e. The maximum atomic E-state index is 15.3. The molecule has 4 aliphatic heterocycles. The van der Waals surface area contributed by atoms with Crippen molar-refractivity contribution in [2.75, 3.05) is 39.6 Å². The van der Waals surface area contributed by atoms with Gasteiger partial charge in [-0.15, -0.1) is 0 Å². The number of hydrogen-bond acceptors (Lipinski definition) is 23. The Balaban J connectivity index is 0.926. The Bertz CT molecular complexity index is 2060. The lowest BCUT2D eigenvalue weighted by Crippen LogP contribution is -2.70. The number of allylic oxidation sites excluding steroid dienone is 2. The molecule has 8 fully saturated rings. The average molecular weight is 1060 g/mol. The van der Waals surface area contributed by atoms with Crippen LogP contribution < -0.4 is 0 Å². The van der Waals surface area contributed by atoms with Crippen LogP contribution in [0.25, 0.3) is 0 Å². The maximum Gasteiger partial charge on any atom is 0.317 e. The van der Waals surface area contributed by atoms with E-state index in [1.165, 1.54) is 6.92 Å². The van der Waals surface area contributed by atoms with Gasteiger partial charge in [0.15, 0.2) is 25.0 Å². The van der Waals surface area contributed by atoms with Crippen molar-refractivity contribution in [3.63, 3.8) is 0 Å². The van der Waals surface area contributed by atoms with Crippen molar-refractivity contribution in [1.29, 1.82) is 0 Å². The van der Waals surface area contributed by atoms with Gasteiger partial charge < -0.3 is 109 Å². The van der Waals surface area contributed by atoms with Crippen LogP contribution in [0.2, 0.25) is 0 Å². The summed E-state index contributed by atoms with van der Waals surface area (Å²) in [6.07, 6.45) is -23.0. The van der Waals surface area contributed by atoms with Gasteiger partial charge in [-0.25, -0.2) is 0 Å². The molecule has 424 valence electrons. The summed E-state index contributed by atoms with van der Waals surface area (Å²) >= 11 is 0. The molecule has 4 heterocycles. The number of carbonyl (C=O) groups excluding carboxylic acids is 1. The van der Waals surface area contributed by atoms with Crippen LogP contribution in [0.3, 0.4) is 0 Å². The van der Waals surface area contributed by atoms with E-state index in [2.05, 4.69) is 40.7 Å². The molecule has 0 aromatic carbocycles. The van der Waals surface area contributed by atoms with Gasteiger partial charge in [0.25, 0.3) is 0 Å². The molecule has 0 amide bonds. The van der Waals surface area contributed by atoms with Crippen molar-refractivity contribution >= 4 is 5.97 Å². The highest BCUT2D eigenvalue weighted by atomic mass is 16.8. The van der Waals surface area contributed by atoms with Gasteiger partial charge >= 0.3 is 5.97 Å². The first-order chi connectivity index (χ1) is 34.6. The molecule has 23 nitrogen and oxygen atoms in total. The quantitative estimate of drug-likeness (QED) is 0.0716. The average Bonchev–Trinajstić information content (AvgIpc) is 3.63. The van der Waals surface area contributed by atoms with E-state index in [-0.39, 0.29) is 36.5 Å². The summed E-state index contributed by atoms with van der Waals surface area (Å²) in [5, 5.41) is 154. The minimum Gasteiger partial charge on any atom is -0.432 e.